The number of nitrogens with zero attached hydrogens (tertiary/aromatic N) is 3. The molecule has 0 atom stereocenters. The van der Waals surface area contributed by atoms with Gasteiger partial charge >= 0.3 is 0 Å². The van der Waals surface area contributed by atoms with Crippen LogP contribution in [0.25, 0.3) is 0 Å². The zero-order chi connectivity index (χ0) is 10.1. The lowest BCUT2D eigenvalue weighted by molar-refractivity contribution is 0.184. The Morgan fingerprint density at radius 1 is 1.50 bits per heavy atom. The molecule has 74 valence electrons. The Balaban J connectivity index is 2.26. The number of hydrogen-bond donors (Lipinski definition) is 1. The third-order valence-corrected chi connectivity index (χ3v) is 2.73. The van der Waals surface area contributed by atoms with Gasteiger partial charge in [-0.15, -0.1) is 0 Å². The monoisotopic (exact) mass is 190 g/mol. The molecule has 1 saturated heterocycles. The van der Waals surface area contributed by atoms with Crippen LogP contribution in [0.2, 0.25) is 0 Å². The number of nitriles is 1. The Morgan fingerprint density at radius 3 is 2.71 bits per heavy atom. The SMILES string of the molecule is CNn1c(C#N)ccc1C1CN(C)C1. The summed E-state index contributed by atoms with van der Waals surface area (Å²) < 4.78 is 1.87. The van der Waals surface area contributed by atoms with Crippen LogP contribution in [0.4, 0.5) is 0 Å². The molecule has 0 spiro atoms. The van der Waals surface area contributed by atoms with E-state index in [9.17, 15) is 0 Å². The summed E-state index contributed by atoms with van der Waals surface area (Å²) in [4.78, 5) is 2.27. The van der Waals surface area contributed by atoms with Gasteiger partial charge in [0.05, 0.1) is 0 Å². The fraction of sp³-hybridized carbons (Fsp3) is 0.500. The van der Waals surface area contributed by atoms with Gasteiger partial charge in [0.2, 0.25) is 0 Å². The maximum atomic E-state index is 8.87. The molecule has 4 heteroatoms. The van der Waals surface area contributed by atoms with E-state index in [-0.39, 0.29) is 0 Å². The van der Waals surface area contributed by atoms with E-state index in [0.29, 0.717) is 11.6 Å². The first kappa shape index (κ1) is 9.10. The summed E-state index contributed by atoms with van der Waals surface area (Å²) in [5.41, 5.74) is 4.92. The Kier molecular flexibility index (Phi) is 2.18. The van der Waals surface area contributed by atoms with Gasteiger partial charge in [-0.2, -0.15) is 5.26 Å². The van der Waals surface area contributed by atoms with Crippen molar-refractivity contribution < 1.29 is 0 Å². The second-order valence-corrected chi connectivity index (χ2v) is 3.73. The normalized spacial score (nSPS) is 17.5. The van der Waals surface area contributed by atoms with Crippen molar-refractivity contribution in [3.05, 3.63) is 23.5 Å². The lowest BCUT2D eigenvalue weighted by Crippen LogP contribution is -2.43. The highest BCUT2D eigenvalue weighted by Gasteiger charge is 2.27. The first-order chi connectivity index (χ1) is 6.76. The van der Waals surface area contributed by atoms with Crippen LogP contribution in [0, 0.1) is 11.3 Å². The molecule has 0 unspecified atom stereocenters. The van der Waals surface area contributed by atoms with Crippen molar-refractivity contribution in [3.8, 4) is 6.07 Å². The average molecular weight is 190 g/mol. The van der Waals surface area contributed by atoms with Gasteiger partial charge in [0, 0.05) is 31.7 Å². The first-order valence-electron chi connectivity index (χ1n) is 4.74. The summed E-state index contributed by atoms with van der Waals surface area (Å²) in [5.74, 6) is 0.564. The van der Waals surface area contributed by atoms with Gasteiger partial charge in [0.25, 0.3) is 0 Å². The van der Waals surface area contributed by atoms with Crippen LogP contribution in [0.3, 0.4) is 0 Å². The molecule has 1 aliphatic heterocycles. The molecule has 1 N–H and O–H groups in total. The Hall–Kier alpha value is -1.47. The van der Waals surface area contributed by atoms with E-state index < -0.39 is 0 Å². The quantitative estimate of drug-likeness (QED) is 0.741. The van der Waals surface area contributed by atoms with Gasteiger partial charge < -0.3 is 10.3 Å². The Labute approximate surface area is 83.7 Å². The number of nitrogens with one attached hydrogen (secondary N) is 1. The molecule has 0 bridgehead atoms. The average Bonchev–Trinajstić information content (AvgIpc) is 2.54. The summed E-state index contributed by atoms with van der Waals surface area (Å²) in [5, 5.41) is 8.87. The van der Waals surface area contributed by atoms with Crippen molar-refractivity contribution in [1.29, 1.82) is 5.26 Å². The summed E-state index contributed by atoms with van der Waals surface area (Å²) in [7, 11) is 3.95. The molecule has 0 aliphatic carbocycles. The predicted molar refractivity (Wildman–Crippen MR) is 54.7 cm³/mol. The number of likely N-dealkylation sites (N-methyl/N-ethyl adjacent to an activating group) is 1. The first-order valence-corrected chi connectivity index (χ1v) is 4.74. The molecule has 2 rings (SSSR count). The van der Waals surface area contributed by atoms with E-state index in [4.69, 9.17) is 5.26 Å². The van der Waals surface area contributed by atoms with Crippen LogP contribution in [-0.2, 0) is 0 Å². The predicted octanol–water partition coefficient (Wildman–Crippen LogP) is 0.562. The zero-order valence-electron chi connectivity index (χ0n) is 8.49. The highest BCUT2D eigenvalue weighted by molar-refractivity contribution is 5.31. The van der Waals surface area contributed by atoms with Gasteiger partial charge in [-0.05, 0) is 19.2 Å². The second-order valence-electron chi connectivity index (χ2n) is 3.73. The fourth-order valence-electron chi connectivity index (χ4n) is 1.99. The minimum Gasteiger partial charge on any atom is -0.328 e. The highest BCUT2D eigenvalue weighted by atomic mass is 15.4. The molecule has 1 aromatic rings. The summed E-state index contributed by atoms with van der Waals surface area (Å²) in [6, 6.07) is 6.07. The number of aromatic nitrogens is 1. The van der Waals surface area contributed by atoms with Crippen LogP contribution in [0.1, 0.15) is 17.3 Å². The lowest BCUT2D eigenvalue weighted by Gasteiger charge is -2.36. The van der Waals surface area contributed by atoms with Gasteiger partial charge in [0.15, 0.2) is 0 Å². The molecule has 0 saturated carbocycles. The highest BCUT2D eigenvalue weighted by Crippen LogP contribution is 2.26. The van der Waals surface area contributed by atoms with Crippen molar-refractivity contribution in [2.24, 2.45) is 0 Å². The minimum absolute atomic E-state index is 0.564. The second kappa shape index (κ2) is 3.35. The molecule has 1 aromatic heterocycles. The van der Waals surface area contributed by atoms with Crippen molar-refractivity contribution in [2.75, 3.05) is 32.6 Å². The Morgan fingerprint density at radius 2 is 2.21 bits per heavy atom. The van der Waals surface area contributed by atoms with Crippen molar-refractivity contribution in [3.63, 3.8) is 0 Å². The van der Waals surface area contributed by atoms with E-state index >= 15 is 0 Å². The molecule has 2 heterocycles. The third kappa shape index (κ3) is 1.26. The van der Waals surface area contributed by atoms with E-state index in [1.807, 2.05) is 23.9 Å². The summed E-state index contributed by atoms with van der Waals surface area (Å²) in [6.45, 7) is 2.16. The molecule has 4 nitrogen and oxygen atoms in total. The number of rotatable bonds is 2. The van der Waals surface area contributed by atoms with Crippen molar-refractivity contribution in [1.82, 2.24) is 9.58 Å². The maximum Gasteiger partial charge on any atom is 0.139 e. The van der Waals surface area contributed by atoms with E-state index in [1.165, 1.54) is 5.69 Å². The maximum absolute atomic E-state index is 8.87. The third-order valence-electron chi connectivity index (χ3n) is 2.73. The van der Waals surface area contributed by atoms with E-state index in [0.717, 1.165) is 13.1 Å². The van der Waals surface area contributed by atoms with Crippen LogP contribution in [0.15, 0.2) is 12.1 Å². The van der Waals surface area contributed by atoms with Crippen molar-refractivity contribution in [2.45, 2.75) is 5.92 Å². The minimum atomic E-state index is 0.564. The van der Waals surface area contributed by atoms with Crippen LogP contribution >= 0.6 is 0 Å². The van der Waals surface area contributed by atoms with E-state index in [2.05, 4.69) is 23.4 Å². The standard InChI is InChI=1S/C10H14N4/c1-12-14-9(5-11)3-4-10(14)8-6-13(2)7-8/h3-4,8,12H,6-7H2,1-2H3. The molecule has 1 fully saturated rings. The molecule has 14 heavy (non-hydrogen) atoms. The van der Waals surface area contributed by atoms with Crippen LogP contribution in [0.5, 0.6) is 0 Å². The van der Waals surface area contributed by atoms with Gasteiger partial charge in [0.1, 0.15) is 11.8 Å². The van der Waals surface area contributed by atoms with Crippen LogP contribution in [-0.4, -0.2) is 36.8 Å². The van der Waals surface area contributed by atoms with Gasteiger partial charge in [-0.3, -0.25) is 4.68 Å². The molecule has 0 radical (unpaired) electrons. The number of likely N-dealkylation sites (tertiary alicyclic amines) is 1. The smallest absolute Gasteiger partial charge is 0.139 e. The zero-order valence-corrected chi connectivity index (χ0v) is 8.49. The van der Waals surface area contributed by atoms with Crippen molar-refractivity contribution >= 4 is 0 Å². The molecular weight excluding hydrogens is 176 g/mol. The molecule has 1 aliphatic rings. The van der Waals surface area contributed by atoms with E-state index in [1.54, 1.807) is 0 Å². The Bertz CT molecular complexity index is 368. The van der Waals surface area contributed by atoms with Gasteiger partial charge in [-0.25, -0.2) is 0 Å². The fourth-order valence-corrected chi connectivity index (χ4v) is 1.99. The summed E-state index contributed by atoms with van der Waals surface area (Å²) >= 11 is 0. The molecule has 0 amide bonds. The summed E-state index contributed by atoms with van der Waals surface area (Å²) in [6.07, 6.45) is 0. The number of hydrogen-bond acceptors (Lipinski definition) is 3. The van der Waals surface area contributed by atoms with Gasteiger partial charge in [-0.1, -0.05) is 0 Å². The lowest BCUT2D eigenvalue weighted by atomic mass is 9.97. The molecular formula is C10H14N4. The topological polar surface area (TPSA) is 44.0 Å². The molecule has 0 aromatic carbocycles. The van der Waals surface area contributed by atoms with Crippen LogP contribution < -0.4 is 5.43 Å². The largest absolute Gasteiger partial charge is 0.328 e.